The molecule has 15 heavy (non-hydrogen) atoms. The van der Waals surface area contributed by atoms with E-state index in [4.69, 9.17) is 28.3 Å². The monoisotopic (exact) mass is 253 g/mol. The van der Waals surface area contributed by atoms with Crippen LogP contribution in [0.1, 0.15) is 20.3 Å². The van der Waals surface area contributed by atoms with E-state index in [2.05, 4.69) is 5.32 Å². The molecule has 1 rings (SSSR count). The molecule has 0 aromatic carbocycles. The zero-order chi connectivity index (χ0) is 11.9. The van der Waals surface area contributed by atoms with Crippen molar-refractivity contribution in [3.05, 3.63) is 0 Å². The molecular weight excluding hydrogens is 241 g/mol. The van der Waals surface area contributed by atoms with Gasteiger partial charge in [0, 0.05) is 6.54 Å². The number of carboxylic acids is 1. The Kier molecular flexibility index (Phi) is 3.22. The molecule has 0 aromatic rings. The number of hydrogen-bond acceptors (Lipinski definition) is 2. The summed E-state index contributed by atoms with van der Waals surface area (Å²) in [4.78, 5) is 22.1. The van der Waals surface area contributed by atoms with Crippen LogP contribution < -0.4 is 5.32 Å². The topological polar surface area (TPSA) is 66.4 Å². The molecule has 0 saturated heterocycles. The molecule has 0 aliphatic heterocycles. The van der Waals surface area contributed by atoms with Gasteiger partial charge < -0.3 is 10.4 Å². The van der Waals surface area contributed by atoms with Crippen LogP contribution in [-0.2, 0) is 9.59 Å². The quantitative estimate of drug-likeness (QED) is 0.745. The third kappa shape index (κ3) is 2.37. The predicted molar refractivity (Wildman–Crippen MR) is 57.0 cm³/mol. The van der Waals surface area contributed by atoms with Crippen molar-refractivity contribution in [3.63, 3.8) is 0 Å². The highest BCUT2D eigenvalue weighted by atomic mass is 35.5. The minimum absolute atomic E-state index is 0.0909. The van der Waals surface area contributed by atoms with Crippen LogP contribution >= 0.6 is 23.2 Å². The number of carbonyl (C=O) groups excluding carboxylic acids is 1. The van der Waals surface area contributed by atoms with E-state index in [1.165, 1.54) is 6.92 Å². The van der Waals surface area contributed by atoms with E-state index < -0.39 is 21.6 Å². The van der Waals surface area contributed by atoms with Gasteiger partial charge in [-0.1, -0.05) is 6.92 Å². The van der Waals surface area contributed by atoms with Crippen molar-refractivity contribution in [2.24, 2.45) is 11.3 Å². The molecule has 2 atom stereocenters. The van der Waals surface area contributed by atoms with Gasteiger partial charge >= 0.3 is 5.97 Å². The first-order valence-corrected chi connectivity index (χ1v) is 5.35. The van der Waals surface area contributed by atoms with Crippen LogP contribution in [0.4, 0.5) is 0 Å². The van der Waals surface area contributed by atoms with Gasteiger partial charge in [0.2, 0.25) is 5.91 Å². The van der Waals surface area contributed by atoms with Crippen molar-refractivity contribution in [1.29, 1.82) is 0 Å². The molecule has 1 aliphatic rings. The summed E-state index contributed by atoms with van der Waals surface area (Å²) in [5.41, 5.74) is -0.783. The highest BCUT2D eigenvalue weighted by molar-refractivity contribution is 6.53. The van der Waals surface area contributed by atoms with Gasteiger partial charge in [-0.2, -0.15) is 0 Å². The molecule has 6 heteroatoms. The fourth-order valence-electron chi connectivity index (χ4n) is 1.17. The second-order valence-electron chi connectivity index (χ2n) is 4.16. The van der Waals surface area contributed by atoms with Crippen molar-refractivity contribution in [2.45, 2.75) is 24.6 Å². The Hall–Kier alpha value is -0.480. The van der Waals surface area contributed by atoms with E-state index in [0.717, 1.165) is 0 Å². The van der Waals surface area contributed by atoms with Crippen LogP contribution in [0, 0.1) is 11.3 Å². The largest absolute Gasteiger partial charge is 0.481 e. The van der Waals surface area contributed by atoms with Crippen molar-refractivity contribution in [3.8, 4) is 0 Å². The van der Waals surface area contributed by atoms with Crippen LogP contribution in [0.5, 0.6) is 0 Å². The highest BCUT2D eigenvalue weighted by Crippen LogP contribution is 2.63. The summed E-state index contributed by atoms with van der Waals surface area (Å²) in [5.74, 6) is -1.85. The molecule has 0 aromatic heterocycles. The van der Waals surface area contributed by atoms with Gasteiger partial charge in [0.25, 0.3) is 0 Å². The Morgan fingerprint density at radius 3 is 2.33 bits per heavy atom. The molecule has 0 spiro atoms. The first kappa shape index (κ1) is 12.6. The molecule has 1 fully saturated rings. The van der Waals surface area contributed by atoms with Crippen molar-refractivity contribution in [2.75, 3.05) is 6.54 Å². The van der Waals surface area contributed by atoms with Gasteiger partial charge in [0.15, 0.2) is 0 Å². The fraction of sp³-hybridized carbons (Fsp3) is 0.778. The Bertz CT molecular complexity index is 306. The first-order valence-electron chi connectivity index (χ1n) is 4.59. The molecule has 4 nitrogen and oxygen atoms in total. The fourth-order valence-corrected chi connectivity index (χ4v) is 1.88. The zero-order valence-corrected chi connectivity index (χ0v) is 10.0. The molecule has 0 unspecified atom stereocenters. The average Bonchev–Trinajstić information content (AvgIpc) is 2.62. The number of amides is 1. The molecule has 0 heterocycles. The Morgan fingerprint density at radius 2 is 2.00 bits per heavy atom. The summed E-state index contributed by atoms with van der Waals surface area (Å²) in [6, 6.07) is 0. The molecule has 1 aliphatic carbocycles. The van der Waals surface area contributed by atoms with Crippen LogP contribution in [-0.4, -0.2) is 27.9 Å². The van der Waals surface area contributed by atoms with Gasteiger partial charge in [0.05, 0.1) is 11.3 Å². The lowest BCUT2D eigenvalue weighted by Gasteiger charge is -2.14. The number of alkyl halides is 2. The molecule has 0 radical (unpaired) electrons. The van der Waals surface area contributed by atoms with E-state index >= 15 is 0 Å². The molecule has 1 saturated carbocycles. The second-order valence-corrected chi connectivity index (χ2v) is 5.65. The number of aliphatic carboxylic acids is 1. The van der Waals surface area contributed by atoms with Gasteiger partial charge in [-0.15, -0.1) is 23.2 Å². The molecule has 86 valence electrons. The average molecular weight is 254 g/mol. The lowest BCUT2D eigenvalue weighted by molar-refractivity contribution is -0.141. The Morgan fingerprint density at radius 1 is 1.53 bits per heavy atom. The van der Waals surface area contributed by atoms with E-state index in [1.54, 1.807) is 6.92 Å². The van der Waals surface area contributed by atoms with Gasteiger partial charge in [-0.25, -0.2) is 0 Å². The number of hydrogen-bond donors (Lipinski definition) is 2. The van der Waals surface area contributed by atoms with Crippen LogP contribution in [0.3, 0.4) is 0 Å². The minimum atomic E-state index is -1.01. The highest BCUT2D eigenvalue weighted by Gasteiger charge is 2.67. The standard InChI is InChI=1S/C9H13Cl2NO3/c1-5(6(13)14)3-12-7(15)8(2)4-9(8,10)11/h5H,3-4H2,1-2H3,(H,12,15)(H,13,14)/t5-,8+/m1/s1. The third-order valence-corrected chi connectivity index (χ3v) is 3.85. The maximum Gasteiger partial charge on any atom is 0.308 e. The maximum absolute atomic E-state index is 11.6. The lowest BCUT2D eigenvalue weighted by atomic mass is 10.1. The summed E-state index contributed by atoms with van der Waals surface area (Å²) in [5, 5.41) is 11.1. The van der Waals surface area contributed by atoms with Crippen molar-refractivity contribution < 1.29 is 14.7 Å². The van der Waals surface area contributed by atoms with Gasteiger partial charge in [-0.3, -0.25) is 9.59 Å². The van der Waals surface area contributed by atoms with E-state index in [0.29, 0.717) is 6.42 Å². The van der Waals surface area contributed by atoms with Crippen LogP contribution in [0.15, 0.2) is 0 Å². The lowest BCUT2D eigenvalue weighted by Crippen LogP contribution is -2.37. The van der Waals surface area contributed by atoms with E-state index in [-0.39, 0.29) is 12.5 Å². The Labute approximate surface area is 97.9 Å². The predicted octanol–water partition coefficient (Wildman–Crippen LogP) is 1.41. The summed E-state index contributed by atoms with van der Waals surface area (Å²) in [6.07, 6.45) is 0.399. The summed E-state index contributed by atoms with van der Waals surface area (Å²) < 4.78 is -1.01. The zero-order valence-electron chi connectivity index (χ0n) is 8.51. The number of nitrogens with one attached hydrogen (secondary N) is 1. The summed E-state index contributed by atoms with van der Waals surface area (Å²) >= 11 is 11.6. The van der Waals surface area contributed by atoms with Crippen LogP contribution in [0.25, 0.3) is 0 Å². The number of halogens is 2. The van der Waals surface area contributed by atoms with Crippen molar-refractivity contribution in [1.82, 2.24) is 5.32 Å². The molecule has 1 amide bonds. The van der Waals surface area contributed by atoms with Gasteiger partial charge in [0.1, 0.15) is 4.33 Å². The summed E-state index contributed by atoms with van der Waals surface area (Å²) in [7, 11) is 0. The first-order chi connectivity index (χ1) is 6.71. The van der Waals surface area contributed by atoms with E-state index in [1.807, 2.05) is 0 Å². The van der Waals surface area contributed by atoms with Gasteiger partial charge in [-0.05, 0) is 13.3 Å². The third-order valence-electron chi connectivity index (χ3n) is 2.75. The number of carbonyl (C=O) groups is 2. The normalized spacial score (nSPS) is 29.3. The maximum atomic E-state index is 11.6. The molecular formula is C9H13Cl2NO3. The summed E-state index contributed by atoms with van der Waals surface area (Å²) in [6.45, 7) is 3.27. The second kappa shape index (κ2) is 3.83. The number of rotatable bonds is 4. The minimum Gasteiger partial charge on any atom is -0.481 e. The van der Waals surface area contributed by atoms with Crippen molar-refractivity contribution >= 4 is 35.1 Å². The van der Waals surface area contributed by atoms with Crippen LogP contribution in [0.2, 0.25) is 0 Å². The molecule has 0 bridgehead atoms. The Balaban J connectivity index is 2.42. The number of carboxylic acid groups (broad SMARTS) is 1. The molecule has 2 N–H and O–H groups in total. The SMILES string of the molecule is C[C@H](CNC(=O)[C@]1(C)CC1(Cl)Cl)C(=O)O. The smallest absolute Gasteiger partial charge is 0.308 e. The van der Waals surface area contributed by atoms with E-state index in [9.17, 15) is 9.59 Å².